The third kappa shape index (κ3) is 3.35. The lowest BCUT2D eigenvalue weighted by Crippen LogP contribution is -2.22. The fourth-order valence-electron chi connectivity index (χ4n) is 3.77. The van der Waals surface area contributed by atoms with Crippen LogP contribution in [-0.4, -0.2) is 19.2 Å². The van der Waals surface area contributed by atoms with Crippen molar-refractivity contribution in [1.29, 1.82) is 5.26 Å². The summed E-state index contributed by atoms with van der Waals surface area (Å²) in [4.78, 5) is 13.5. The molecule has 0 spiro atoms. The summed E-state index contributed by atoms with van der Waals surface area (Å²) >= 11 is 1.55. The molecule has 0 radical (unpaired) electrons. The van der Waals surface area contributed by atoms with Crippen LogP contribution in [0.5, 0.6) is 0 Å². The standard InChI is InChI=1S/C25H19N5OS/c1-16-7-8-17(2)22(13-16)29-23(31)20-5-3-4-6-21(20)30-24(29)27-28-25(30)32-15-19-11-9-18(14-26)10-12-19/h3-13H,15H2,1-2H3. The zero-order chi connectivity index (χ0) is 22.2. The largest absolute Gasteiger partial charge is 0.268 e. The van der Waals surface area contributed by atoms with Gasteiger partial charge in [0, 0.05) is 5.75 Å². The van der Waals surface area contributed by atoms with Crippen LogP contribution in [0, 0.1) is 25.2 Å². The first kappa shape index (κ1) is 20.0. The molecule has 0 aliphatic carbocycles. The van der Waals surface area contributed by atoms with Crippen LogP contribution < -0.4 is 5.56 Å². The third-order valence-electron chi connectivity index (χ3n) is 5.45. The number of hydrogen-bond acceptors (Lipinski definition) is 5. The van der Waals surface area contributed by atoms with E-state index in [1.807, 2.05) is 85.0 Å². The fraction of sp³-hybridized carbons (Fsp3) is 0.120. The van der Waals surface area contributed by atoms with Gasteiger partial charge in [-0.25, -0.2) is 4.57 Å². The summed E-state index contributed by atoms with van der Waals surface area (Å²) in [7, 11) is 0. The van der Waals surface area contributed by atoms with Crippen LogP contribution in [0.4, 0.5) is 0 Å². The van der Waals surface area contributed by atoms with Gasteiger partial charge in [-0.05, 0) is 60.9 Å². The number of thioether (sulfide) groups is 1. The van der Waals surface area contributed by atoms with Crippen molar-refractivity contribution in [3.63, 3.8) is 0 Å². The number of fused-ring (bicyclic) bond motifs is 3. The zero-order valence-electron chi connectivity index (χ0n) is 17.6. The van der Waals surface area contributed by atoms with Crippen molar-refractivity contribution in [2.75, 3.05) is 0 Å². The molecule has 0 aliphatic rings. The Morgan fingerprint density at radius 1 is 1.00 bits per heavy atom. The Balaban J connectivity index is 1.70. The normalized spacial score (nSPS) is 11.2. The van der Waals surface area contributed by atoms with Gasteiger partial charge in [-0.1, -0.05) is 48.2 Å². The molecule has 0 aliphatic heterocycles. The molecular weight excluding hydrogens is 418 g/mol. The van der Waals surface area contributed by atoms with Gasteiger partial charge >= 0.3 is 0 Å². The first-order chi connectivity index (χ1) is 15.6. The van der Waals surface area contributed by atoms with Crippen molar-refractivity contribution in [3.8, 4) is 11.8 Å². The van der Waals surface area contributed by atoms with E-state index in [2.05, 4.69) is 16.3 Å². The number of para-hydroxylation sites is 1. The maximum absolute atomic E-state index is 13.5. The molecule has 156 valence electrons. The van der Waals surface area contributed by atoms with E-state index in [0.717, 1.165) is 27.9 Å². The SMILES string of the molecule is Cc1ccc(C)c(-n2c(=O)c3ccccc3n3c(SCc4ccc(C#N)cc4)nnc23)c1. The number of aromatic nitrogens is 4. The lowest BCUT2D eigenvalue weighted by molar-refractivity contribution is 0.927. The highest BCUT2D eigenvalue weighted by Gasteiger charge is 2.19. The molecule has 0 N–H and O–H groups in total. The van der Waals surface area contributed by atoms with Gasteiger partial charge in [0.25, 0.3) is 5.56 Å². The second-order valence-electron chi connectivity index (χ2n) is 7.66. The second kappa shape index (κ2) is 7.98. The van der Waals surface area contributed by atoms with E-state index < -0.39 is 0 Å². The molecular formula is C25H19N5OS. The molecule has 0 unspecified atom stereocenters. The molecule has 5 aromatic rings. The Bertz CT molecular complexity index is 1580. The van der Waals surface area contributed by atoms with E-state index >= 15 is 0 Å². The van der Waals surface area contributed by atoms with E-state index in [9.17, 15) is 4.79 Å². The summed E-state index contributed by atoms with van der Waals surface area (Å²) < 4.78 is 3.61. The first-order valence-corrected chi connectivity index (χ1v) is 11.1. The number of aryl methyl sites for hydroxylation is 2. The molecule has 0 fully saturated rings. The Morgan fingerprint density at radius 2 is 1.78 bits per heavy atom. The van der Waals surface area contributed by atoms with Gasteiger partial charge in [0.1, 0.15) is 0 Å². The average molecular weight is 438 g/mol. The number of rotatable bonds is 4. The lowest BCUT2D eigenvalue weighted by atomic mass is 10.1. The van der Waals surface area contributed by atoms with E-state index in [1.54, 1.807) is 16.3 Å². The molecule has 0 atom stereocenters. The molecule has 5 rings (SSSR count). The maximum Gasteiger partial charge on any atom is 0.267 e. The minimum Gasteiger partial charge on any atom is -0.268 e. The smallest absolute Gasteiger partial charge is 0.267 e. The summed E-state index contributed by atoms with van der Waals surface area (Å²) in [6.45, 7) is 4.00. The van der Waals surface area contributed by atoms with Crippen molar-refractivity contribution >= 4 is 28.4 Å². The molecule has 2 heterocycles. The topological polar surface area (TPSA) is 76.0 Å². The quantitative estimate of drug-likeness (QED) is 0.377. The fourth-order valence-corrected chi connectivity index (χ4v) is 4.67. The molecule has 0 saturated carbocycles. The summed E-state index contributed by atoms with van der Waals surface area (Å²) in [5.41, 5.74) is 5.25. The summed E-state index contributed by atoms with van der Waals surface area (Å²) in [6.07, 6.45) is 0. The molecule has 6 nitrogen and oxygen atoms in total. The second-order valence-corrected chi connectivity index (χ2v) is 8.61. The van der Waals surface area contributed by atoms with E-state index in [0.29, 0.717) is 27.6 Å². The predicted octanol–water partition coefficient (Wildman–Crippen LogP) is 4.81. The van der Waals surface area contributed by atoms with Crippen LogP contribution in [0.15, 0.2) is 76.7 Å². The minimum absolute atomic E-state index is 0.113. The zero-order valence-corrected chi connectivity index (χ0v) is 18.4. The number of nitriles is 1. The van der Waals surface area contributed by atoms with Crippen molar-refractivity contribution < 1.29 is 0 Å². The first-order valence-electron chi connectivity index (χ1n) is 10.1. The van der Waals surface area contributed by atoms with Gasteiger partial charge < -0.3 is 0 Å². The Kier molecular flexibility index (Phi) is 5.00. The lowest BCUT2D eigenvalue weighted by Gasteiger charge is -2.14. The highest BCUT2D eigenvalue weighted by molar-refractivity contribution is 7.98. The van der Waals surface area contributed by atoms with E-state index in [4.69, 9.17) is 5.26 Å². The van der Waals surface area contributed by atoms with Crippen molar-refractivity contribution in [2.24, 2.45) is 0 Å². The highest BCUT2D eigenvalue weighted by atomic mass is 32.2. The molecule has 2 aromatic heterocycles. The predicted molar refractivity (Wildman–Crippen MR) is 126 cm³/mol. The van der Waals surface area contributed by atoms with Crippen LogP contribution in [0.1, 0.15) is 22.3 Å². The van der Waals surface area contributed by atoms with Gasteiger partial charge in [0.2, 0.25) is 5.78 Å². The minimum atomic E-state index is -0.113. The number of nitrogens with zero attached hydrogens (tertiary/aromatic N) is 5. The Morgan fingerprint density at radius 3 is 2.56 bits per heavy atom. The van der Waals surface area contributed by atoms with Gasteiger partial charge in [-0.3, -0.25) is 9.20 Å². The van der Waals surface area contributed by atoms with Crippen LogP contribution in [0.2, 0.25) is 0 Å². The summed E-state index contributed by atoms with van der Waals surface area (Å²) in [6, 6.07) is 23.2. The Hall–Kier alpha value is -3.89. The van der Waals surface area contributed by atoms with Crippen LogP contribution in [0.25, 0.3) is 22.4 Å². The highest BCUT2D eigenvalue weighted by Crippen LogP contribution is 2.26. The van der Waals surface area contributed by atoms with Gasteiger partial charge in [0.15, 0.2) is 5.16 Å². The molecule has 7 heteroatoms. The summed E-state index contributed by atoms with van der Waals surface area (Å²) in [5.74, 6) is 1.16. The number of benzene rings is 3. The van der Waals surface area contributed by atoms with E-state index in [-0.39, 0.29) is 5.56 Å². The van der Waals surface area contributed by atoms with Crippen LogP contribution in [-0.2, 0) is 5.75 Å². The third-order valence-corrected chi connectivity index (χ3v) is 6.45. The van der Waals surface area contributed by atoms with Gasteiger partial charge in [0.05, 0.1) is 28.2 Å². The number of hydrogen-bond donors (Lipinski definition) is 0. The van der Waals surface area contributed by atoms with Gasteiger partial charge in [-0.2, -0.15) is 5.26 Å². The monoisotopic (exact) mass is 437 g/mol. The maximum atomic E-state index is 13.5. The Labute approximate surface area is 188 Å². The average Bonchev–Trinajstić information content (AvgIpc) is 3.24. The molecule has 0 bridgehead atoms. The van der Waals surface area contributed by atoms with Crippen LogP contribution >= 0.6 is 11.8 Å². The summed E-state index contributed by atoms with van der Waals surface area (Å²) in [5, 5.41) is 19.2. The van der Waals surface area contributed by atoms with E-state index in [1.165, 1.54) is 0 Å². The van der Waals surface area contributed by atoms with Crippen molar-refractivity contribution in [2.45, 2.75) is 24.8 Å². The molecule has 0 amide bonds. The van der Waals surface area contributed by atoms with Crippen molar-refractivity contribution in [3.05, 3.63) is 99.3 Å². The van der Waals surface area contributed by atoms with Crippen molar-refractivity contribution in [1.82, 2.24) is 19.2 Å². The molecule has 32 heavy (non-hydrogen) atoms. The molecule has 0 saturated heterocycles. The van der Waals surface area contributed by atoms with Crippen LogP contribution in [0.3, 0.4) is 0 Å². The molecule has 3 aromatic carbocycles. The van der Waals surface area contributed by atoms with Gasteiger partial charge in [-0.15, -0.1) is 10.2 Å².